The molecule has 0 spiro atoms. The van der Waals surface area contributed by atoms with Crippen LogP contribution in [0.1, 0.15) is 5.01 Å². The predicted octanol–water partition coefficient (Wildman–Crippen LogP) is 1.75. The van der Waals surface area contributed by atoms with E-state index < -0.39 is 0 Å². The first kappa shape index (κ1) is 13.8. The van der Waals surface area contributed by atoms with Crippen LogP contribution in [-0.2, 0) is 13.0 Å². The fourth-order valence-corrected chi connectivity index (χ4v) is 2.54. The van der Waals surface area contributed by atoms with Crippen LogP contribution in [0.25, 0.3) is 0 Å². The lowest BCUT2D eigenvalue weighted by molar-refractivity contribution is 0.659. The smallest absolute Gasteiger partial charge is 0.284 e. The van der Waals surface area contributed by atoms with Crippen molar-refractivity contribution in [3.63, 3.8) is 0 Å². The van der Waals surface area contributed by atoms with Crippen molar-refractivity contribution in [3.05, 3.63) is 37.6 Å². The molecule has 0 aliphatic rings. The second kappa shape index (κ2) is 6.50. The van der Waals surface area contributed by atoms with E-state index in [1.54, 1.807) is 23.7 Å². The summed E-state index contributed by atoms with van der Waals surface area (Å²) in [5, 5.41) is 10.1. The normalized spacial score (nSPS) is 10.1. The van der Waals surface area contributed by atoms with Gasteiger partial charge in [0, 0.05) is 24.5 Å². The van der Waals surface area contributed by atoms with Crippen molar-refractivity contribution < 1.29 is 0 Å². The highest BCUT2D eigenvalue weighted by molar-refractivity contribution is 9.10. The van der Waals surface area contributed by atoms with E-state index in [0.717, 1.165) is 11.4 Å². The van der Waals surface area contributed by atoms with Crippen LogP contribution >= 0.6 is 27.3 Å². The Morgan fingerprint density at radius 1 is 1.58 bits per heavy atom. The summed E-state index contributed by atoms with van der Waals surface area (Å²) < 4.78 is 1.67. The third-order valence-electron chi connectivity index (χ3n) is 2.36. The highest BCUT2D eigenvalue weighted by atomic mass is 79.9. The molecule has 0 aromatic carbocycles. The van der Waals surface area contributed by atoms with Gasteiger partial charge in [0.15, 0.2) is 0 Å². The number of aromatic nitrogens is 3. The molecule has 1 N–H and O–H groups in total. The zero-order valence-electron chi connectivity index (χ0n) is 9.97. The van der Waals surface area contributed by atoms with E-state index in [4.69, 9.17) is 6.42 Å². The van der Waals surface area contributed by atoms with Gasteiger partial charge in [0.1, 0.15) is 11.0 Å². The first-order chi connectivity index (χ1) is 9.22. The molecule has 2 aromatic heterocycles. The summed E-state index contributed by atoms with van der Waals surface area (Å²) in [6.07, 6.45) is 9.33. The first-order valence-electron chi connectivity index (χ1n) is 5.53. The van der Waals surface area contributed by atoms with Crippen molar-refractivity contribution in [2.75, 3.05) is 11.9 Å². The lowest BCUT2D eigenvalue weighted by Gasteiger charge is -2.08. The Morgan fingerprint density at radius 2 is 2.42 bits per heavy atom. The Bertz CT molecular complexity index is 645. The molecule has 0 aliphatic heterocycles. The molecule has 0 unspecified atom stereocenters. The maximum atomic E-state index is 11.9. The monoisotopic (exact) mass is 338 g/mol. The lowest BCUT2D eigenvalue weighted by atomic mass is 10.4. The molecular formula is C12H11BrN4OS. The Kier molecular flexibility index (Phi) is 4.71. The summed E-state index contributed by atoms with van der Waals surface area (Å²) in [6, 6.07) is 0. The second-order valence-electron chi connectivity index (χ2n) is 3.64. The fraction of sp³-hybridized carbons (Fsp3) is 0.250. The third kappa shape index (κ3) is 3.43. The summed E-state index contributed by atoms with van der Waals surface area (Å²) in [5.41, 5.74) is 0.423. The topological polar surface area (TPSA) is 59.8 Å². The predicted molar refractivity (Wildman–Crippen MR) is 79.3 cm³/mol. The fourth-order valence-electron chi connectivity index (χ4n) is 1.47. The average Bonchev–Trinajstić information content (AvgIpc) is 2.91. The molecule has 19 heavy (non-hydrogen) atoms. The zero-order valence-corrected chi connectivity index (χ0v) is 12.4. The summed E-state index contributed by atoms with van der Waals surface area (Å²) >= 11 is 4.87. The van der Waals surface area contributed by atoms with Crippen molar-refractivity contribution in [1.82, 2.24) is 14.8 Å². The number of hydrogen-bond donors (Lipinski definition) is 1. The van der Waals surface area contributed by atoms with Gasteiger partial charge >= 0.3 is 0 Å². The minimum Gasteiger partial charge on any atom is -0.382 e. The molecule has 0 atom stereocenters. The quantitative estimate of drug-likeness (QED) is 0.844. The van der Waals surface area contributed by atoms with Crippen LogP contribution < -0.4 is 10.9 Å². The Labute approximate surface area is 122 Å². The number of anilines is 1. The van der Waals surface area contributed by atoms with Crippen LogP contribution in [-0.4, -0.2) is 21.3 Å². The number of nitrogens with zero attached hydrogens (tertiary/aromatic N) is 3. The molecule has 2 aromatic rings. The molecule has 2 heterocycles. The largest absolute Gasteiger partial charge is 0.382 e. The van der Waals surface area contributed by atoms with E-state index in [2.05, 4.69) is 37.2 Å². The van der Waals surface area contributed by atoms with Gasteiger partial charge in [-0.15, -0.1) is 17.8 Å². The van der Waals surface area contributed by atoms with Crippen LogP contribution in [0.2, 0.25) is 0 Å². The second-order valence-corrected chi connectivity index (χ2v) is 5.41. The molecule has 0 bridgehead atoms. The molecule has 7 heteroatoms. The maximum absolute atomic E-state index is 11.9. The van der Waals surface area contributed by atoms with E-state index in [1.165, 1.54) is 4.68 Å². The molecule has 2 rings (SSSR count). The molecule has 0 aliphatic carbocycles. The summed E-state index contributed by atoms with van der Waals surface area (Å²) in [7, 11) is 0. The van der Waals surface area contributed by atoms with Crippen LogP contribution in [0.5, 0.6) is 0 Å². The first-order valence-corrected chi connectivity index (χ1v) is 7.21. The summed E-state index contributed by atoms with van der Waals surface area (Å²) in [6.45, 7) is 0.850. The summed E-state index contributed by atoms with van der Waals surface area (Å²) in [5.74, 6) is 2.39. The minimum atomic E-state index is -0.239. The highest BCUT2D eigenvalue weighted by Crippen LogP contribution is 2.16. The molecule has 0 amide bonds. The van der Waals surface area contributed by atoms with E-state index in [9.17, 15) is 4.79 Å². The number of nitrogens with one attached hydrogen (secondary N) is 1. The number of rotatable bonds is 5. The van der Waals surface area contributed by atoms with Crippen LogP contribution in [0.3, 0.4) is 0 Å². The van der Waals surface area contributed by atoms with Gasteiger partial charge in [-0.3, -0.25) is 4.79 Å². The minimum absolute atomic E-state index is 0.164. The van der Waals surface area contributed by atoms with E-state index in [-0.39, 0.29) is 12.1 Å². The van der Waals surface area contributed by atoms with Gasteiger partial charge in [0.05, 0.1) is 16.9 Å². The van der Waals surface area contributed by atoms with Crippen molar-refractivity contribution in [2.45, 2.75) is 13.0 Å². The van der Waals surface area contributed by atoms with Crippen molar-refractivity contribution in [3.8, 4) is 12.3 Å². The van der Waals surface area contributed by atoms with Gasteiger partial charge in [-0.2, -0.15) is 5.10 Å². The Balaban J connectivity index is 2.03. The van der Waals surface area contributed by atoms with Gasteiger partial charge in [0.2, 0.25) is 0 Å². The molecule has 0 radical (unpaired) electrons. The maximum Gasteiger partial charge on any atom is 0.284 e. The van der Waals surface area contributed by atoms with E-state index in [0.29, 0.717) is 16.7 Å². The summed E-state index contributed by atoms with van der Waals surface area (Å²) in [4.78, 5) is 16.1. The van der Waals surface area contributed by atoms with E-state index in [1.807, 2.05) is 5.38 Å². The van der Waals surface area contributed by atoms with Gasteiger partial charge in [-0.1, -0.05) is 5.92 Å². The molecule has 0 saturated heterocycles. The van der Waals surface area contributed by atoms with Crippen LogP contribution in [0, 0.1) is 12.3 Å². The highest BCUT2D eigenvalue weighted by Gasteiger charge is 2.07. The zero-order chi connectivity index (χ0) is 13.7. The third-order valence-corrected chi connectivity index (χ3v) is 3.97. The van der Waals surface area contributed by atoms with Crippen molar-refractivity contribution >= 4 is 33.0 Å². The number of halogens is 1. The average molecular weight is 339 g/mol. The van der Waals surface area contributed by atoms with Gasteiger partial charge in [-0.05, 0) is 15.9 Å². The number of thiazole rings is 1. The molecule has 5 nitrogen and oxygen atoms in total. The molecule has 98 valence electrons. The van der Waals surface area contributed by atoms with Crippen molar-refractivity contribution in [2.24, 2.45) is 0 Å². The van der Waals surface area contributed by atoms with Crippen LogP contribution in [0.15, 0.2) is 27.0 Å². The standard InChI is InChI=1S/C12H11BrN4OS/c1-2-6-17-12(18)11(13)9(8-16-17)14-4-3-10-15-5-7-19-10/h1,5,7-8,14H,3-4,6H2. The Morgan fingerprint density at radius 3 is 3.11 bits per heavy atom. The van der Waals surface area contributed by atoms with Crippen LogP contribution in [0.4, 0.5) is 5.69 Å². The SMILES string of the molecule is C#CCn1ncc(NCCc2nccs2)c(Br)c1=O. The van der Waals surface area contributed by atoms with E-state index >= 15 is 0 Å². The number of hydrogen-bond acceptors (Lipinski definition) is 5. The van der Waals surface area contributed by atoms with Gasteiger partial charge in [0.25, 0.3) is 5.56 Å². The Hall–Kier alpha value is -1.65. The molecule has 0 saturated carbocycles. The molecular weight excluding hydrogens is 328 g/mol. The molecule has 0 fully saturated rings. The van der Waals surface area contributed by atoms with Gasteiger partial charge < -0.3 is 5.32 Å². The number of terminal acetylenes is 1. The van der Waals surface area contributed by atoms with Gasteiger partial charge in [-0.25, -0.2) is 9.67 Å². The lowest BCUT2D eigenvalue weighted by Crippen LogP contribution is -2.24. The van der Waals surface area contributed by atoms with Crippen molar-refractivity contribution in [1.29, 1.82) is 0 Å².